The number of anilines is 1. The highest BCUT2D eigenvalue weighted by atomic mass is 127. The van der Waals surface area contributed by atoms with Crippen molar-refractivity contribution in [2.24, 2.45) is 0 Å². The minimum atomic E-state index is -4.57. The Labute approximate surface area is 135 Å². The first kappa shape index (κ1) is 15.1. The molecule has 21 heavy (non-hydrogen) atoms. The predicted octanol–water partition coefficient (Wildman–Crippen LogP) is 3.34. The van der Waals surface area contributed by atoms with Crippen LogP contribution in [0.4, 0.5) is 19.0 Å². The van der Waals surface area contributed by atoms with Crippen LogP contribution in [0.15, 0.2) is 4.42 Å². The zero-order valence-electron chi connectivity index (χ0n) is 10.4. The Morgan fingerprint density at radius 2 is 1.86 bits per heavy atom. The van der Waals surface area contributed by atoms with E-state index in [0.29, 0.717) is 26.3 Å². The summed E-state index contributed by atoms with van der Waals surface area (Å²) in [4.78, 5) is 9.49. The van der Waals surface area contributed by atoms with E-state index < -0.39 is 11.7 Å². The van der Waals surface area contributed by atoms with Gasteiger partial charge in [-0.15, -0.1) is 0 Å². The number of alkyl halides is 3. The van der Waals surface area contributed by atoms with Gasteiger partial charge in [-0.1, -0.05) is 0 Å². The molecule has 114 valence electrons. The van der Waals surface area contributed by atoms with Crippen LogP contribution in [0.5, 0.6) is 0 Å². The van der Waals surface area contributed by atoms with Crippen LogP contribution in [-0.2, 0) is 10.9 Å². The number of morpholine rings is 1. The maximum absolute atomic E-state index is 13.1. The second-order valence-electron chi connectivity index (χ2n) is 4.34. The Hall–Kier alpha value is -0.810. The summed E-state index contributed by atoms with van der Waals surface area (Å²) in [6, 6.07) is 0. The van der Waals surface area contributed by atoms with E-state index >= 15 is 0 Å². The minimum absolute atomic E-state index is 0.00183. The normalized spacial score (nSPS) is 16.7. The molecule has 0 atom stereocenters. The van der Waals surface area contributed by atoms with Gasteiger partial charge in [0.05, 0.1) is 13.2 Å². The molecule has 0 amide bonds. The first-order valence-electron chi connectivity index (χ1n) is 5.93. The molecule has 0 aromatic carbocycles. The third-order valence-electron chi connectivity index (χ3n) is 3.04. The Kier molecular flexibility index (Phi) is 3.91. The van der Waals surface area contributed by atoms with Gasteiger partial charge in [0.1, 0.15) is 11.1 Å². The fourth-order valence-corrected chi connectivity index (χ4v) is 3.09. The van der Waals surface area contributed by atoms with Crippen molar-refractivity contribution in [1.82, 2.24) is 9.97 Å². The van der Waals surface area contributed by atoms with Gasteiger partial charge in [0, 0.05) is 35.7 Å². The van der Waals surface area contributed by atoms with E-state index in [2.05, 4.69) is 9.97 Å². The summed E-state index contributed by atoms with van der Waals surface area (Å²) in [5.74, 6) is 0.265. The average molecular weight is 434 g/mol. The SMILES string of the molecule is FC(F)(F)c1c(I)oc2c(N3CCOCC3)nc(Cl)nc12. The monoisotopic (exact) mass is 433 g/mol. The molecule has 2 aromatic heterocycles. The van der Waals surface area contributed by atoms with Gasteiger partial charge >= 0.3 is 6.18 Å². The lowest BCUT2D eigenvalue weighted by molar-refractivity contribution is -0.137. The van der Waals surface area contributed by atoms with Crippen LogP contribution in [0.3, 0.4) is 0 Å². The second-order valence-corrected chi connectivity index (χ2v) is 5.66. The lowest BCUT2D eigenvalue weighted by Gasteiger charge is -2.27. The lowest BCUT2D eigenvalue weighted by atomic mass is 10.2. The van der Waals surface area contributed by atoms with Crippen LogP contribution in [0.25, 0.3) is 11.1 Å². The van der Waals surface area contributed by atoms with Crippen molar-refractivity contribution in [1.29, 1.82) is 0 Å². The van der Waals surface area contributed by atoms with Gasteiger partial charge in [0.25, 0.3) is 0 Å². The number of fused-ring (bicyclic) bond motifs is 1. The molecule has 0 spiro atoms. The third kappa shape index (κ3) is 2.78. The van der Waals surface area contributed by atoms with E-state index in [-0.39, 0.29) is 26.0 Å². The topological polar surface area (TPSA) is 51.4 Å². The number of nitrogens with zero attached hydrogens (tertiary/aromatic N) is 3. The molecule has 0 saturated carbocycles. The predicted molar refractivity (Wildman–Crippen MR) is 77.6 cm³/mol. The van der Waals surface area contributed by atoms with Crippen molar-refractivity contribution in [2.45, 2.75) is 6.18 Å². The van der Waals surface area contributed by atoms with E-state index in [1.165, 1.54) is 22.6 Å². The van der Waals surface area contributed by atoms with Crippen molar-refractivity contribution in [3.63, 3.8) is 0 Å². The first-order valence-corrected chi connectivity index (χ1v) is 7.39. The van der Waals surface area contributed by atoms with Crippen molar-refractivity contribution < 1.29 is 22.3 Å². The van der Waals surface area contributed by atoms with Crippen LogP contribution in [0, 0.1) is 3.77 Å². The number of hydrogen-bond donors (Lipinski definition) is 0. The maximum Gasteiger partial charge on any atom is 0.422 e. The highest BCUT2D eigenvalue weighted by Crippen LogP contribution is 2.41. The van der Waals surface area contributed by atoms with Gasteiger partial charge in [-0.05, 0) is 11.6 Å². The largest absolute Gasteiger partial charge is 0.444 e. The molecule has 1 aliphatic rings. The lowest BCUT2D eigenvalue weighted by Crippen LogP contribution is -2.36. The number of aromatic nitrogens is 2. The molecule has 0 radical (unpaired) electrons. The number of ether oxygens (including phenoxy) is 1. The van der Waals surface area contributed by atoms with Gasteiger partial charge in [-0.2, -0.15) is 18.2 Å². The van der Waals surface area contributed by atoms with Crippen LogP contribution in [0.1, 0.15) is 5.56 Å². The summed E-state index contributed by atoms with van der Waals surface area (Å²) in [5, 5.41) is -0.244. The van der Waals surface area contributed by atoms with Crippen LogP contribution in [0.2, 0.25) is 5.28 Å². The van der Waals surface area contributed by atoms with Gasteiger partial charge in [0.15, 0.2) is 15.2 Å². The van der Waals surface area contributed by atoms with Crippen LogP contribution in [-0.4, -0.2) is 36.3 Å². The van der Waals surface area contributed by atoms with Crippen molar-refractivity contribution in [3.8, 4) is 0 Å². The van der Waals surface area contributed by atoms with Crippen molar-refractivity contribution in [3.05, 3.63) is 14.6 Å². The Balaban J connectivity index is 2.22. The summed E-state index contributed by atoms with van der Waals surface area (Å²) in [7, 11) is 0. The van der Waals surface area contributed by atoms with E-state index in [9.17, 15) is 13.2 Å². The summed E-state index contributed by atoms with van der Waals surface area (Å²) in [5.41, 5.74) is -1.23. The molecule has 1 fully saturated rings. The second kappa shape index (κ2) is 5.43. The molecule has 1 aliphatic heterocycles. The van der Waals surface area contributed by atoms with E-state index in [4.69, 9.17) is 20.8 Å². The first-order chi connectivity index (χ1) is 9.88. The van der Waals surface area contributed by atoms with Gasteiger partial charge < -0.3 is 14.1 Å². The molecule has 5 nitrogen and oxygen atoms in total. The van der Waals surface area contributed by atoms with E-state index in [0.717, 1.165) is 0 Å². The molecule has 0 N–H and O–H groups in total. The summed E-state index contributed by atoms with van der Waals surface area (Å²) in [6.07, 6.45) is -4.57. The number of halogens is 5. The minimum Gasteiger partial charge on any atom is -0.444 e. The molecule has 10 heteroatoms. The van der Waals surface area contributed by atoms with Gasteiger partial charge in [-0.25, -0.2) is 4.98 Å². The molecular formula is C11H8ClF3IN3O2. The molecule has 1 saturated heterocycles. The fraction of sp³-hybridized carbons (Fsp3) is 0.455. The highest BCUT2D eigenvalue weighted by Gasteiger charge is 2.40. The summed E-state index contributed by atoms with van der Waals surface area (Å²) < 4.78 is 49.6. The molecule has 3 heterocycles. The number of hydrogen-bond acceptors (Lipinski definition) is 5. The van der Waals surface area contributed by atoms with Crippen molar-refractivity contribution >= 4 is 51.1 Å². The molecule has 0 unspecified atom stereocenters. The fourth-order valence-electron chi connectivity index (χ4n) is 2.14. The maximum atomic E-state index is 13.1. The quantitative estimate of drug-likeness (QED) is 0.510. The zero-order chi connectivity index (χ0) is 15.2. The Morgan fingerprint density at radius 3 is 2.48 bits per heavy atom. The zero-order valence-corrected chi connectivity index (χ0v) is 13.3. The molecular weight excluding hydrogens is 425 g/mol. The third-order valence-corrected chi connectivity index (χ3v) is 3.97. The van der Waals surface area contributed by atoms with E-state index in [1.807, 2.05) is 0 Å². The number of rotatable bonds is 1. The Bertz CT molecular complexity index is 685. The van der Waals surface area contributed by atoms with Crippen LogP contribution >= 0.6 is 34.2 Å². The average Bonchev–Trinajstić information content (AvgIpc) is 2.74. The van der Waals surface area contributed by atoms with Crippen molar-refractivity contribution in [2.75, 3.05) is 31.2 Å². The van der Waals surface area contributed by atoms with Gasteiger partial charge in [-0.3, -0.25) is 0 Å². The smallest absolute Gasteiger partial charge is 0.422 e. The standard InChI is InChI=1S/C11H8ClF3IN3O2/c12-10-17-6-5(11(13,14)15)8(16)21-7(6)9(18-10)19-1-3-20-4-2-19/h1-4H2. The van der Waals surface area contributed by atoms with E-state index in [1.54, 1.807) is 4.90 Å². The molecule has 0 aliphatic carbocycles. The van der Waals surface area contributed by atoms with Crippen LogP contribution < -0.4 is 4.90 Å². The summed E-state index contributed by atoms with van der Waals surface area (Å²) >= 11 is 7.28. The number of furan rings is 1. The molecule has 3 rings (SSSR count). The Morgan fingerprint density at radius 1 is 1.19 bits per heavy atom. The summed E-state index contributed by atoms with van der Waals surface area (Å²) in [6.45, 7) is 1.93. The molecule has 2 aromatic rings. The van der Waals surface area contributed by atoms with Gasteiger partial charge in [0.2, 0.25) is 5.28 Å². The molecule has 0 bridgehead atoms. The highest BCUT2D eigenvalue weighted by molar-refractivity contribution is 14.1.